The molecule has 0 saturated carbocycles. The van der Waals surface area contributed by atoms with Crippen LogP contribution in [0.3, 0.4) is 0 Å². The smallest absolute Gasteiger partial charge is 0.244 e. The van der Waals surface area contributed by atoms with Crippen LogP contribution in [0.2, 0.25) is 0 Å². The van der Waals surface area contributed by atoms with Crippen molar-refractivity contribution in [3.8, 4) is 11.5 Å². The lowest BCUT2D eigenvalue weighted by atomic mass is 10.1. The van der Waals surface area contributed by atoms with Crippen molar-refractivity contribution in [1.29, 1.82) is 0 Å². The average Bonchev–Trinajstić information content (AvgIpc) is 2.61. The molecule has 1 N–H and O–H groups in total. The van der Waals surface area contributed by atoms with Crippen LogP contribution >= 0.6 is 0 Å². The van der Waals surface area contributed by atoms with Gasteiger partial charge < -0.3 is 14.8 Å². The zero-order chi connectivity index (χ0) is 16.9. The summed E-state index contributed by atoms with van der Waals surface area (Å²) in [5.74, 6) is 0.895. The zero-order valence-electron chi connectivity index (χ0n) is 13.3. The Morgan fingerprint density at radius 1 is 1.12 bits per heavy atom. The molecule has 0 fully saturated rings. The van der Waals surface area contributed by atoms with Crippen LogP contribution in [0.4, 0.5) is 4.39 Å². The molecule has 0 radical (unpaired) electrons. The molecular formula is C19H18FNO3. The summed E-state index contributed by atoms with van der Waals surface area (Å²) >= 11 is 0. The second kappa shape index (κ2) is 7.17. The van der Waals surface area contributed by atoms with Crippen molar-refractivity contribution in [2.45, 2.75) is 13.0 Å². The van der Waals surface area contributed by atoms with E-state index in [1.807, 2.05) is 25.1 Å². The molecule has 0 bridgehead atoms. The molecule has 2 aromatic carbocycles. The fraction of sp³-hybridized carbons (Fsp3) is 0.211. The number of halogens is 1. The third-order valence-corrected chi connectivity index (χ3v) is 3.72. The van der Waals surface area contributed by atoms with E-state index in [1.165, 1.54) is 18.2 Å². The molecule has 0 aromatic heterocycles. The summed E-state index contributed by atoms with van der Waals surface area (Å²) < 4.78 is 23.9. The molecule has 0 aliphatic carbocycles. The van der Waals surface area contributed by atoms with E-state index in [0.717, 1.165) is 16.9 Å². The van der Waals surface area contributed by atoms with Gasteiger partial charge >= 0.3 is 0 Å². The topological polar surface area (TPSA) is 47.6 Å². The Bertz CT molecular complexity index is 756. The quantitative estimate of drug-likeness (QED) is 0.875. The minimum absolute atomic E-state index is 0.175. The number of amides is 1. The second-order valence-electron chi connectivity index (χ2n) is 5.52. The van der Waals surface area contributed by atoms with Crippen LogP contribution in [0.1, 0.15) is 24.1 Å². The summed E-state index contributed by atoms with van der Waals surface area (Å²) in [6.07, 6.45) is 3.08. The predicted octanol–water partition coefficient (Wildman–Crippen LogP) is 3.49. The van der Waals surface area contributed by atoms with Gasteiger partial charge in [-0.3, -0.25) is 4.79 Å². The number of ether oxygens (including phenoxy) is 2. The van der Waals surface area contributed by atoms with Gasteiger partial charge in [-0.25, -0.2) is 4.39 Å². The monoisotopic (exact) mass is 327 g/mol. The lowest BCUT2D eigenvalue weighted by molar-refractivity contribution is -0.117. The number of hydrogen-bond donors (Lipinski definition) is 1. The molecular weight excluding hydrogens is 309 g/mol. The average molecular weight is 327 g/mol. The molecule has 1 heterocycles. The van der Waals surface area contributed by atoms with E-state index < -0.39 is 0 Å². The molecule has 1 aliphatic heterocycles. The number of rotatable bonds is 4. The van der Waals surface area contributed by atoms with Crippen LogP contribution in [0.5, 0.6) is 11.5 Å². The van der Waals surface area contributed by atoms with E-state index in [0.29, 0.717) is 19.0 Å². The van der Waals surface area contributed by atoms with Crippen molar-refractivity contribution >= 4 is 12.0 Å². The standard InChI is InChI=1S/C19H18FNO3/c1-13(15-5-8-17-18(12-15)24-11-10-23-17)21-19(22)9-4-14-2-6-16(20)7-3-14/h2-9,12-13H,10-11H2,1H3,(H,21,22)/b9-4+. The van der Waals surface area contributed by atoms with Crippen molar-refractivity contribution in [2.24, 2.45) is 0 Å². The number of benzene rings is 2. The van der Waals surface area contributed by atoms with Gasteiger partial charge in [0.25, 0.3) is 0 Å². The Morgan fingerprint density at radius 2 is 1.83 bits per heavy atom. The van der Waals surface area contributed by atoms with Gasteiger partial charge in [0.1, 0.15) is 19.0 Å². The second-order valence-corrected chi connectivity index (χ2v) is 5.52. The molecule has 24 heavy (non-hydrogen) atoms. The Morgan fingerprint density at radius 3 is 2.58 bits per heavy atom. The maximum absolute atomic E-state index is 12.8. The fourth-order valence-corrected chi connectivity index (χ4v) is 2.42. The predicted molar refractivity (Wildman–Crippen MR) is 89.4 cm³/mol. The summed E-state index contributed by atoms with van der Waals surface area (Å²) in [5, 5.41) is 2.89. The van der Waals surface area contributed by atoms with E-state index in [2.05, 4.69) is 5.32 Å². The number of carbonyl (C=O) groups excluding carboxylic acids is 1. The molecule has 0 saturated heterocycles. The molecule has 1 unspecified atom stereocenters. The summed E-state index contributed by atoms with van der Waals surface area (Å²) in [6.45, 7) is 2.97. The molecule has 0 spiro atoms. The number of carbonyl (C=O) groups is 1. The highest BCUT2D eigenvalue weighted by atomic mass is 19.1. The van der Waals surface area contributed by atoms with E-state index in [9.17, 15) is 9.18 Å². The molecule has 2 aromatic rings. The highest BCUT2D eigenvalue weighted by Gasteiger charge is 2.15. The van der Waals surface area contributed by atoms with E-state index >= 15 is 0 Å². The van der Waals surface area contributed by atoms with Crippen LogP contribution in [0, 0.1) is 5.82 Å². The van der Waals surface area contributed by atoms with Crippen molar-refractivity contribution in [2.75, 3.05) is 13.2 Å². The Hall–Kier alpha value is -2.82. The first-order chi connectivity index (χ1) is 11.6. The van der Waals surface area contributed by atoms with E-state index in [-0.39, 0.29) is 17.8 Å². The lowest BCUT2D eigenvalue weighted by Crippen LogP contribution is -2.25. The van der Waals surface area contributed by atoms with Crippen LogP contribution in [0.15, 0.2) is 48.5 Å². The van der Waals surface area contributed by atoms with Gasteiger partial charge in [0, 0.05) is 6.08 Å². The maximum Gasteiger partial charge on any atom is 0.244 e. The van der Waals surface area contributed by atoms with Crippen LogP contribution in [-0.4, -0.2) is 19.1 Å². The maximum atomic E-state index is 12.8. The van der Waals surface area contributed by atoms with E-state index in [4.69, 9.17) is 9.47 Å². The molecule has 124 valence electrons. The Kier molecular flexibility index (Phi) is 4.79. The lowest BCUT2D eigenvalue weighted by Gasteiger charge is -2.20. The van der Waals surface area contributed by atoms with Gasteiger partial charge in [-0.1, -0.05) is 18.2 Å². The first-order valence-corrected chi connectivity index (χ1v) is 7.75. The summed E-state index contributed by atoms with van der Waals surface area (Å²) in [6, 6.07) is 11.4. The van der Waals surface area contributed by atoms with Crippen LogP contribution < -0.4 is 14.8 Å². The Balaban J connectivity index is 1.62. The normalized spacial score (nSPS) is 14.4. The minimum atomic E-state index is -0.302. The zero-order valence-corrected chi connectivity index (χ0v) is 13.3. The van der Waals surface area contributed by atoms with Gasteiger partial charge in [0.2, 0.25) is 5.91 Å². The molecule has 3 rings (SSSR count). The minimum Gasteiger partial charge on any atom is -0.486 e. The van der Waals surface area contributed by atoms with E-state index in [1.54, 1.807) is 18.2 Å². The van der Waals surface area contributed by atoms with Crippen LogP contribution in [-0.2, 0) is 4.79 Å². The number of hydrogen-bond acceptors (Lipinski definition) is 3. The number of nitrogens with one attached hydrogen (secondary N) is 1. The Labute approximate surface area is 139 Å². The van der Waals surface area contributed by atoms with Gasteiger partial charge in [-0.15, -0.1) is 0 Å². The van der Waals surface area contributed by atoms with Crippen LogP contribution in [0.25, 0.3) is 6.08 Å². The fourth-order valence-electron chi connectivity index (χ4n) is 2.42. The summed E-state index contributed by atoms with van der Waals surface area (Å²) in [4.78, 5) is 12.0. The van der Waals surface area contributed by atoms with Crippen molar-refractivity contribution in [1.82, 2.24) is 5.32 Å². The molecule has 4 nitrogen and oxygen atoms in total. The van der Waals surface area contributed by atoms with Gasteiger partial charge in [-0.2, -0.15) is 0 Å². The highest BCUT2D eigenvalue weighted by molar-refractivity contribution is 5.91. The SMILES string of the molecule is CC(NC(=O)/C=C/c1ccc(F)cc1)c1ccc2c(c1)OCCO2. The van der Waals surface area contributed by atoms with Crippen molar-refractivity contribution in [3.63, 3.8) is 0 Å². The summed E-state index contributed by atoms with van der Waals surface area (Å²) in [5.41, 5.74) is 1.70. The molecule has 1 aliphatic rings. The first kappa shape index (κ1) is 16.1. The summed E-state index contributed by atoms with van der Waals surface area (Å²) in [7, 11) is 0. The van der Waals surface area contributed by atoms with Crippen molar-refractivity contribution in [3.05, 3.63) is 65.5 Å². The van der Waals surface area contributed by atoms with Gasteiger partial charge in [0.05, 0.1) is 6.04 Å². The molecule has 1 amide bonds. The molecule has 5 heteroatoms. The highest BCUT2D eigenvalue weighted by Crippen LogP contribution is 2.32. The molecule has 1 atom stereocenters. The largest absolute Gasteiger partial charge is 0.486 e. The van der Waals surface area contributed by atoms with Gasteiger partial charge in [0.15, 0.2) is 11.5 Å². The van der Waals surface area contributed by atoms with Crippen molar-refractivity contribution < 1.29 is 18.7 Å². The first-order valence-electron chi connectivity index (χ1n) is 7.75. The third kappa shape index (κ3) is 3.93. The third-order valence-electron chi connectivity index (χ3n) is 3.72. The number of fused-ring (bicyclic) bond motifs is 1. The van der Waals surface area contributed by atoms with Gasteiger partial charge in [-0.05, 0) is 48.4 Å².